The Morgan fingerprint density at radius 3 is 2.24 bits per heavy atom. The van der Waals surface area contributed by atoms with Crippen LogP contribution in [0, 0.1) is 11.8 Å². The van der Waals surface area contributed by atoms with Crippen LogP contribution in [0.4, 0.5) is 0 Å². The Labute approximate surface area is 149 Å². The van der Waals surface area contributed by atoms with Crippen LogP contribution in [0.2, 0.25) is 0 Å². The largest absolute Gasteiger partial charge is 0.272 e. The molecule has 2 atom stereocenters. The molecule has 0 spiro atoms. The Bertz CT molecular complexity index is 569. The van der Waals surface area contributed by atoms with Crippen molar-refractivity contribution in [2.24, 2.45) is 11.8 Å². The monoisotopic (exact) mass is 348 g/mol. The number of carbonyl (C=O) groups is 2. The van der Waals surface area contributed by atoms with Crippen molar-refractivity contribution in [1.29, 1.82) is 0 Å². The van der Waals surface area contributed by atoms with E-state index in [4.69, 9.17) is 9.68 Å². The average Bonchev–Trinajstić information content (AvgIpc) is 2.60. The zero-order chi connectivity index (χ0) is 18.3. The summed E-state index contributed by atoms with van der Waals surface area (Å²) in [7, 11) is 0. The standard InChI is InChI=1S/C19H28N2O4/c1-19(2,3)25-21-18(23)16-11-7-10-15(12-16)17(22)20-24-13-14-8-5-4-6-9-14/h4-6,8-9,15-16H,7,10-13H2,1-3H3,(H,20,22)(H,21,23)/t15-,16+/m0/s1. The van der Waals surface area contributed by atoms with Gasteiger partial charge in [-0.1, -0.05) is 36.8 Å². The van der Waals surface area contributed by atoms with Gasteiger partial charge in [-0.2, -0.15) is 0 Å². The molecule has 1 aliphatic carbocycles. The quantitative estimate of drug-likeness (QED) is 0.775. The third kappa shape index (κ3) is 6.84. The van der Waals surface area contributed by atoms with Gasteiger partial charge in [0.1, 0.15) is 0 Å². The van der Waals surface area contributed by atoms with Gasteiger partial charge in [-0.05, 0) is 45.6 Å². The van der Waals surface area contributed by atoms with Crippen LogP contribution in [0.25, 0.3) is 0 Å². The third-order valence-corrected chi connectivity index (χ3v) is 4.13. The van der Waals surface area contributed by atoms with Gasteiger partial charge in [0, 0.05) is 11.8 Å². The second kappa shape index (κ2) is 8.97. The molecule has 138 valence electrons. The van der Waals surface area contributed by atoms with Gasteiger partial charge in [-0.15, -0.1) is 0 Å². The van der Waals surface area contributed by atoms with Crippen molar-refractivity contribution in [2.45, 2.75) is 58.7 Å². The van der Waals surface area contributed by atoms with Gasteiger partial charge >= 0.3 is 0 Å². The average molecular weight is 348 g/mol. The highest BCUT2D eigenvalue weighted by molar-refractivity contribution is 5.81. The summed E-state index contributed by atoms with van der Waals surface area (Å²) < 4.78 is 0. The number of carbonyl (C=O) groups excluding carboxylic acids is 2. The number of rotatable bonds is 6. The van der Waals surface area contributed by atoms with Crippen LogP contribution in [0.3, 0.4) is 0 Å². The fourth-order valence-corrected chi connectivity index (χ4v) is 2.80. The summed E-state index contributed by atoms with van der Waals surface area (Å²) in [4.78, 5) is 35.1. The van der Waals surface area contributed by atoms with E-state index in [1.54, 1.807) is 0 Å². The molecule has 1 saturated carbocycles. The van der Waals surface area contributed by atoms with Gasteiger partial charge in [0.25, 0.3) is 0 Å². The van der Waals surface area contributed by atoms with E-state index in [-0.39, 0.29) is 23.7 Å². The zero-order valence-electron chi connectivity index (χ0n) is 15.2. The van der Waals surface area contributed by atoms with Gasteiger partial charge in [0.05, 0.1) is 12.2 Å². The summed E-state index contributed by atoms with van der Waals surface area (Å²) in [5.41, 5.74) is 5.58. The maximum atomic E-state index is 12.3. The zero-order valence-corrected chi connectivity index (χ0v) is 15.2. The lowest BCUT2D eigenvalue weighted by atomic mass is 9.81. The molecular formula is C19H28N2O4. The SMILES string of the molecule is CC(C)(C)ONC(=O)[C@@H]1CCC[C@H](C(=O)NOCc2ccccc2)C1. The number of amides is 2. The molecule has 0 radical (unpaired) electrons. The first-order chi connectivity index (χ1) is 11.8. The van der Waals surface area contributed by atoms with Crippen LogP contribution in [0.1, 0.15) is 52.0 Å². The molecule has 0 bridgehead atoms. The second-order valence-corrected chi connectivity index (χ2v) is 7.48. The maximum absolute atomic E-state index is 12.3. The van der Waals surface area contributed by atoms with Crippen LogP contribution in [0.15, 0.2) is 30.3 Å². The molecule has 6 nitrogen and oxygen atoms in total. The second-order valence-electron chi connectivity index (χ2n) is 7.48. The molecule has 0 aliphatic heterocycles. The molecule has 2 amide bonds. The third-order valence-electron chi connectivity index (χ3n) is 4.13. The van der Waals surface area contributed by atoms with Gasteiger partial charge < -0.3 is 0 Å². The topological polar surface area (TPSA) is 76.7 Å². The van der Waals surface area contributed by atoms with Crippen LogP contribution in [0.5, 0.6) is 0 Å². The summed E-state index contributed by atoms with van der Waals surface area (Å²) in [6.45, 7) is 5.93. The molecular weight excluding hydrogens is 320 g/mol. The number of hydrogen-bond donors (Lipinski definition) is 2. The van der Waals surface area contributed by atoms with Crippen molar-refractivity contribution in [3.8, 4) is 0 Å². The van der Waals surface area contributed by atoms with Crippen molar-refractivity contribution in [3.63, 3.8) is 0 Å². The number of nitrogens with one attached hydrogen (secondary N) is 2. The lowest BCUT2D eigenvalue weighted by Gasteiger charge is -2.28. The summed E-state index contributed by atoms with van der Waals surface area (Å²) >= 11 is 0. The van der Waals surface area contributed by atoms with Crippen molar-refractivity contribution in [1.82, 2.24) is 11.0 Å². The minimum atomic E-state index is -0.438. The van der Waals surface area contributed by atoms with E-state index in [2.05, 4.69) is 11.0 Å². The van der Waals surface area contributed by atoms with Crippen molar-refractivity contribution in [3.05, 3.63) is 35.9 Å². The van der Waals surface area contributed by atoms with Crippen LogP contribution in [-0.4, -0.2) is 17.4 Å². The van der Waals surface area contributed by atoms with Crippen LogP contribution < -0.4 is 11.0 Å². The highest BCUT2D eigenvalue weighted by atomic mass is 16.7. The predicted molar refractivity (Wildman–Crippen MR) is 93.8 cm³/mol. The van der Waals surface area contributed by atoms with Gasteiger partial charge in [-0.25, -0.2) is 11.0 Å². The van der Waals surface area contributed by atoms with Crippen molar-refractivity contribution in [2.75, 3.05) is 0 Å². The highest BCUT2D eigenvalue weighted by Crippen LogP contribution is 2.29. The summed E-state index contributed by atoms with van der Waals surface area (Å²) in [6, 6.07) is 9.64. The van der Waals surface area contributed by atoms with E-state index in [9.17, 15) is 9.59 Å². The molecule has 1 aromatic carbocycles. The summed E-state index contributed by atoms with van der Waals surface area (Å²) in [5, 5.41) is 0. The Morgan fingerprint density at radius 2 is 1.64 bits per heavy atom. The van der Waals surface area contributed by atoms with E-state index in [0.717, 1.165) is 24.8 Å². The smallest absolute Gasteiger partial charge is 0.246 e. The van der Waals surface area contributed by atoms with Crippen molar-refractivity contribution < 1.29 is 19.3 Å². The minimum absolute atomic E-state index is 0.155. The normalized spacial score (nSPS) is 20.8. The van der Waals surface area contributed by atoms with Crippen molar-refractivity contribution >= 4 is 11.8 Å². The molecule has 0 aromatic heterocycles. The first-order valence-electron chi connectivity index (χ1n) is 8.78. The molecule has 25 heavy (non-hydrogen) atoms. The maximum Gasteiger partial charge on any atom is 0.246 e. The Kier molecular flexibility index (Phi) is 6.96. The fourth-order valence-electron chi connectivity index (χ4n) is 2.80. The molecule has 2 rings (SSSR count). The molecule has 1 aromatic rings. The molecule has 0 saturated heterocycles. The number of benzene rings is 1. The van der Waals surface area contributed by atoms with Crippen LogP contribution in [-0.2, 0) is 25.9 Å². The van der Waals surface area contributed by atoms with Gasteiger partial charge in [-0.3, -0.25) is 19.3 Å². The molecule has 2 N–H and O–H groups in total. The summed E-state index contributed by atoms with van der Waals surface area (Å²) in [6.07, 6.45) is 2.89. The van der Waals surface area contributed by atoms with E-state index < -0.39 is 5.60 Å². The highest BCUT2D eigenvalue weighted by Gasteiger charge is 2.32. The predicted octanol–water partition coefficient (Wildman–Crippen LogP) is 2.89. The lowest BCUT2D eigenvalue weighted by Crippen LogP contribution is -2.41. The van der Waals surface area contributed by atoms with Gasteiger partial charge in [0.15, 0.2) is 0 Å². The van der Waals surface area contributed by atoms with E-state index in [0.29, 0.717) is 13.0 Å². The molecule has 0 unspecified atom stereocenters. The van der Waals surface area contributed by atoms with E-state index >= 15 is 0 Å². The summed E-state index contributed by atoms with van der Waals surface area (Å²) in [5.74, 6) is -0.737. The molecule has 6 heteroatoms. The Morgan fingerprint density at radius 1 is 1.04 bits per heavy atom. The first-order valence-corrected chi connectivity index (χ1v) is 8.78. The fraction of sp³-hybridized carbons (Fsp3) is 0.579. The minimum Gasteiger partial charge on any atom is -0.272 e. The number of hydroxylamine groups is 2. The van der Waals surface area contributed by atoms with E-state index in [1.807, 2.05) is 51.1 Å². The first kappa shape index (κ1) is 19.4. The molecule has 1 fully saturated rings. The Hall–Kier alpha value is -1.92. The molecule has 0 heterocycles. The number of hydrogen-bond acceptors (Lipinski definition) is 4. The van der Waals surface area contributed by atoms with E-state index in [1.165, 1.54) is 0 Å². The van der Waals surface area contributed by atoms with Crippen LogP contribution >= 0.6 is 0 Å². The Balaban J connectivity index is 1.75. The molecule has 1 aliphatic rings. The van der Waals surface area contributed by atoms with Gasteiger partial charge in [0.2, 0.25) is 11.8 Å². The lowest BCUT2D eigenvalue weighted by molar-refractivity contribution is -0.152.